The van der Waals surface area contributed by atoms with Crippen LogP contribution in [0.25, 0.3) is 0 Å². The molecule has 4 nitrogen and oxygen atoms in total. The molecule has 0 bridgehead atoms. The van der Waals surface area contributed by atoms with Crippen molar-refractivity contribution in [1.29, 1.82) is 5.26 Å². The summed E-state index contributed by atoms with van der Waals surface area (Å²) < 4.78 is 13.4. The van der Waals surface area contributed by atoms with Gasteiger partial charge in [0, 0.05) is 6.54 Å². The minimum Gasteiger partial charge on any atom is -0.326 e. The first-order valence-corrected chi connectivity index (χ1v) is 6.85. The molecule has 0 radical (unpaired) electrons. The van der Waals surface area contributed by atoms with Crippen molar-refractivity contribution in [1.82, 2.24) is 10.2 Å². The molecule has 0 unspecified atom stereocenters. The van der Waals surface area contributed by atoms with Gasteiger partial charge < -0.3 is 10.2 Å². The lowest BCUT2D eigenvalue weighted by Gasteiger charge is -2.19. The largest absolute Gasteiger partial charge is 0.326 e. The standard InChI is InChI=1S/C15H18FN3O/c16-14-6-2-1-4-12(14)7-8-18-11-15(20)19-9-3-5-13(19)10-17/h1-2,4,6,13,18H,3,5,7-9,11H2/t13-/m0/s1. The Kier molecular flexibility index (Phi) is 5.08. The van der Waals surface area contributed by atoms with E-state index < -0.39 is 0 Å². The maximum atomic E-state index is 13.4. The fraction of sp³-hybridized carbons (Fsp3) is 0.467. The van der Waals surface area contributed by atoms with E-state index in [0.29, 0.717) is 25.1 Å². The van der Waals surface area contributed by atoms with E-state index in [2.05, 4.69) is 11.4 Å². The number of benzene rings is 1. The number of nitriles is 1. The highest BCUT2D eigenvalue weighted by molar-refractivity contribution is 5.79. The number of hydrogen-bond acceptors (Lipinski definition) is 3. The molecular weight excluding hydrogens is 257 g/mol. The minimum absolute atomic E-state index is 0.0532. The normalized spacial score (nSPS) is 18.0. The van der Waals surface area contributed by atoms with E-state index in [1.54, 1.807) is 23.1 Å². The second-order valence-corrected chi connectivity index (χ2v) is 4.89. The fourth-order valence-electron chi connectivity index (χ4n) is 2.42. The van der Waals surface area contributed by atoms with Crippen LogP contribution in [0.4, 0.5) is 4.39 Å². The Morgan fingerprint density at radius 1 is 1.50 bits per heavy atom. The van der Waals surface area contributed by atoms with Crippen LogP contribution >= 0.6 is 0 Å². The number of hydrogen-bond donors (Lipinski definition) is 1. The van der Waals surface area contributed by atoms with Crippen molar-refractivity contribution in [3.05, 3.63) is 35.6 Å². The second-order valence-electron chi connectivity index (χ2n) is 4.89. The molecule has 1 amide bonds. The third-order valence-corrected chi connectivity index (χ3v) is 3.53. The summed E-state index contributed by atoms with van der Waals surface area (Å²) in [6.07, 6.45) is 2.19. The molecule has 1 aromatic rings. The third-order valence-electron chi connectivity index (χ3n) is 3.53. The van der Waals surface area contributed by atoms with E-state index >= 15 is 0 Å². The topological polar surface area (TPSA) is 56.1 Å². The average molecular weight is 275 g/mol. The summed E-state index contributed by atoms with van der Waals surface area (Å²) in [6, 6.07) is 8.49. The minimum atomic E-state index is -0.282. The first-order chi connectivity index (χ1) is 9.72. The summed E-state index contributed by atoms with van der Waals surface area (Å²) in [5.41, 5.74) is 0.642. The summed E-state index contributed by atoms with van der Waals surface area (Å²) in [6.45, 7) is 1.40. The molecule has 0 aromatic heterocycles. The van der Waals surface area contributed by atoms with Gasteiger partial charge in [0.05, 0.1) is 12.6 Å². The number of nitrogens with zero attached hydrogens (tertiary/aromatic N) is 2. The van der Waals surface area contributed by atoms with Gasteiger partial charge in [-0.25, -0.2) is 4.39 Å². The summed E-state index contributed by atoms with van der Waals surface area (Å²) >= 11 is 0. The fourth-order valence-corrected chi connectivity index (χ4v) is 2.42. The van der Waals surface area contributed by atoms with E-state index in [1.807, 2.05) is 0 Å². The molecule has 1 atom stereocenters. The van der Waals surface area contributed by atoms with Gasteiger partial charge in [-0.1, -0.05) is 18.2 Å². The Hall–Kier alpha value is -1.93. The van der Waals surface area contributed by atoms with Crippen molar-refractivity contribution in [3.63, 3.8) is 0 Å². The van der Waals surface area contributed by atoms with Crippen LogP contribution in [0.3, 0.4) is 0 Å². The smallest absolute Gasteiger partial charge is 0.237 e. The number of carbonyl (C=O) groups excluding carboxylic acids is 1. The lowest BCUT2D eigenvalue weighted by atomic mass is 10.1. The first kappa shape index (κ1) is 14.5. The van der Waals surface area contributed by atoms with Gasteiger partial charge in [0.1, 0.15) is 11.9 Å². The van der Waals surface area contributed by atoms with Gasteiger partial charge in [-0.15, -0.1) is 0 Å². The number of likely N-dealkylation sites (tertiary alicyclic amines) is 1. The molecule has 5 heteroatoms. The van der Waals surface area contributed by atoms with Crippen molar-refractivity contribution in [3.8, 4) is 6.07 Å². The predicted molar refractivity (Wildman–Crippen MR) is 73.3 cm³/mol. The lowest BCUT2D eigenvalue weighted by Crippen LogP contribution is -2.41. The third kappa shape index (κ3) is 3.55. The molecule has 1 aliphatic rings. The molecule has 1 fully saturated rings. The maximum Gasteiger partial charge on any atom is 0.237 e. The molecule has 20 heavy (non-hydrogen) atoms. The molecule has 1 saturated heterocycles. The van der Waals surface area contributed by atoms with Gasteiger partial charge >= 0.3 is 0 Å². The maximum absolute atomic E-state index is 13.4. The molecular formula is C15H18FN3O. The number of nitrogens with one attached hydrogen (secondary N) is 1. The van der Waals surface area contributed by atoms with Crippen LogP contribution in [0, 0.1) is 17.1 Å². The van der Waals surface area contributed by atoms with Gasteiger partial charge in [-0.05, 0) is 37.4 Å². The van der Waals surface area contributed by atoms with Crippen molar-refractivity contribution < 1.29 is 9.18 Å². The van der Waals surface area contributed by atoms with E-state index in [9.17, 15) is 9.18 Å². The van der Waals surface area contributed by atoms with Crippen LogP contribution < -0.4 is 5.32 Å². The number of halogens is 1. The van der Waals surface area contributed by atoms with Crippen LogP contribution in [-0.4, -0.2) is 36.5 Å². The molecule has 0 saturated carbocycles. The first-order valence-electron chi connectivity index (χ1n) is 6.85. The molecule has 1 aromatic carbocycles. The number of amides is 1. The zero-order valence-electron chi connectivity index (χ0n) is 11.3. The van der Waals surface area contributed by atoms with E-state index in [-0.39, 0.29) is 24.3 Å². The van der Waals surface area contributed by atoms with Crippen LogP contribution in [0.1, 0.15) is 18.4 Å². The van der Waals surface area contributed by atoms with E-state index in [4.69, 9.17) is 5.26 Å². The highest BCUT2D eigenvalue weighted by Gasteiger charge is 2.27. The van der Waals surface area contributed by atoms with Crippen LogP contribution in [0.15, 0.2) is 24.3 Å². The van der Waals surface area contributed by atoms with Gasteiger partial charge in [0.2, 0.25) is 5.91 Å². The Morgan fingerprint density at radius 2 is 2.30 bits per heavy atom. The molecule has 2 rings (SSSR count). The Morgan fingerprint density at radius 3 is 3.05 bits per heavy atom. The predicted octanol–water partition coefficient (Wildman–Crippen LogP) is 1.47. The SMILES string of the molecule is N#C[C@@H]1CCCN1C(=O)CNCCc1ccccc1F. The van der Waals surface area contributed by atoms with Crippen LogP contribution in [0.5, 0.6) is 0 Å². The molecule has 1 N–H and O–H groups in total. The monoisotopic (exact) mass is 275 g/mol. The zero-order chi connectivity index (χ0) is 14.4. The molecule has 0 aliphatic carbocycles. The molecule has 1 aliphatic heterocycles. The summed E-state index contributed by atoms with van der Waals surface area (Å²) in [5.74, 6) is -0.271. The Labute approximate surface area is 118 Å². The summed E-state index contributed by atoms with van der Waals surface area (Å²) in [4.78, 5) is 13.6. The summed E-state index contributed by atoms with van der Waals surface area (Å²) in [7, 11) is 0. The van der Waals surface area contributed by atoms with Gasteiger partial charge in [0.25, 0.3) is 0 Å². The Bertz CT molecular complexity index is 512. The second kappa shape index (κ2) is 7.01. The molecule has 1 heterocycles. The van der Waals surface area contributed by atoms with Gasteiger partial charge in [-0.2, -0.15) is 5.26 Å². The summed E-state index contributed by atoms with van der Waals surface area (Å²) in [5, 5.41) is 11.9. The van der Waals surface area contributed by atoms with Gasteiger partial charge in [-0.3, -0.25) is 4.79 Å². The molecule has 106 valence electrons. The van der Waals surface area contributed by atoms with Crippen LogP contribution in [-0.2, 0) is 11.2 Å². The number of carbonyl (C=O) groups is 1. The van der Waals surface area contributed by atoms with Crippen molar-refractivity contribution in [2.75, 3.05) is 19.6 Å². The van der Waals surface area contributed by atoms with Gasteiger partial charge in [0.15, 0.2) is 0 Å². The van der Waals surface area contributed by atoms with E-state index in [0.717, 1.165) is 12.8 Å². The van der Waals surface area contributed by atoms with Crippen molar-refractivity contribution in [2.45, 2.75) is 25.3 Å². The zero-order valence-corrected chi connectivity index (χ0v) is 11.3. The number of rotatable bonds is 5. The molecule has 0 spiro atoms. The van der Waals surface area contributed by atoms with E-state index in [1.165, 1.54) is 6.07 Å². The quantitative estimate of drug-likeness (QED) is 0.828. The van der Waals surface area contributed by atoms with Crippen molar-refractivity contribution >= 4 is 5.91 Å². The van der Waals surface area contributed by atoms with Crippen LogP contribution in [0.2, 0.25) is 0 Å². The Balaban J connectivity index is 1.72. The average Bonchev–Trinajstić information content (AvgIpc) is 2.93. The highest BCUT2D eigenvalue weighted by Crippen LogP contribution is 2.15. The van der Waals surface area contributed by atoms with Crippen molar-refractivity contribution in [2.24, 2.45) is 0 Å². The highest BCUT2D eigenvalue weighted by atomic mass is 19.1. The lowest BCUT2D eigenvalue weighted by molar-refractivity contribution is -0.130.